The second-order valence-electron chi connectivity index (χ2n) is 10.8. The Morgan fingerprint density at radius 2 is 1.94 bits per heavy atom. The molecule has 1 N–H and O–H groups in total. The van der Waals surface area contributed by atoms with Crippen molar-refractivity contribution in [2.45, 2.75) is 82.3 Å². The number of aliphatic carboxylic acids is 1. The summed E-state index contributed by atoms with van der Waals surface area (Å²) in [5.74, 6) is 2.22. The molecule has 198 valence electrons. The Hall–Kier alpha value is -1.79. The van der Waals surface area contributed by atoms with Crippen LogP contribution in [0.25, 0.3) is 10.9 Å². The van der Waals surface area contributed by atoms with Crippen LogP contribution in [0.15, 0.2) is 30.5 Å². The molecule has 1 saturated heterocycles. The molecule has 2 aliphatic rings. The first-order valence-corrected chi connectivity index (χ1v) is 15.1. The summed E-state index contributed by atoms with van der Waals surface area (Å²) < 4.78 is 5.42. The van der Waals surface area contributed by atoms with E-state index in [0.717, 1.165) is 67.2 Å². The molecule has 4 rings (SSSR count). The third kappa shape index (κ3) is 8.11. The van der Waals surface area contributed by atoms with Gasteiger partial charge in [0.05, 0.1) is 12.6 Å². The fourth-order valence-corrected chi connectivity index (χ4v) is 7.52. The maximum absolute atomic E-state index is 11.6. The fourth-order valence-electron chi connectivity index (χ4n) is 6.22. The van der Waals surface area contributed by atoms with Crippen LogP contribution < -0.4 is 4.74 Å². The number of benzene rings is 1. The van der Waals surface area contributed by atoms with E-state index in [4.69, 9.17) is 4.74 Å². The third-order valence-electron chi connectivity index (χ3n) is 8.25. The van der Waals surface area contributed by atoms with Crippen molar-refractivity contribution in [3.05, 3.63) is 36.0 Å². The minimum absolute atomic E-state index is 0.264. The van der Waals surface area contributed by atoms with Crippen molar-refractivity contribution in [3.63, 3.8) is 0 Å². The van der Waals surface area contributed by atoms with E-state index in [-0.39, 0.29) is 5.92 Å². The van der Waals surface area contributed by atoms with Crippen LogP contribution in [-0.2, 0) is 11.2 Å². The number of hydrogen-bond acceptors (Lipinski definition) is 5. The molecule has 1 saturated carbocycles. The molecule has 1 aliphatic carbocycles. The number of carbonyl (C=O) groups is 1. The normalized spacial score (nSPS) is 21.9. The number of rotatable bonds is 12. The molecular weight excluding hydrogens is 468 g/mol. The van der Waals surface area contributed by atoms with E-state index in [1.807, 2.05) is 18.3 Å². The molecule has 2 aromatic rings. The van der Waals surface area contributed by atoms with Gasteiger partial charge in [0.2, 0.25) is 0 Å². The Bertz CT molecular complexity index is 960. The Morgan fingerprint density at radius 3 is 2.72 bits per heavy atom. The number of ether oxygens (including phenoxy) is 1. The van der Waals surface area contributed by atoms with Gasteiger partial charge in [0.15, 0.2) is 0 Å². The quantitative estimate of drug-likeness (QED) is 0.249. The molecule has 5 nitrogen and oxygen atoms in total. The molecule has 2 heterocycles. The first kappa shape index (κ1) is 27.3. The molecule has 2 fully saturated rings. The summed E-state index contributed by atoms with van der Waals surface area (Å²) in [6, 6.07) is 8.17. The second-order valence-corrected chi connectivity index (χ2v) is 12.2. The van der Waals surface area contributed by atoms with Gasteiger partial charge in [-0.2, -0.15) is 11.8 Å². The summed E-state index contributed by atoms with van der Waals surface area (Å²) >= 11 is 2.19. The lowest BCUT2D eigenvalue weighted by Gasteiger charge is -2.38. The fraction of sp³-hybridized carbons (Fsp3) is 0.667. The van der Waals surface area contributed by atoms with Crippen LogP contribution in [0.3, 0.4) is 0 Å². The van der Waals surface area contributed by atoms with E-state index in [1.54, 1.807) is 7.11 Å². The molecule has 1 aromatic carbocycles. The Labute approximate surface area is 221 Å². The molecule has 0 bridgehead atoms. The zero-order chi connectivity index (χ0) is 25.2. The number of methoxy groups -OCH3 is 1. The van der Waals surface area contributed by atoms with Crippen molar-refractivity contribution in [2.75, 3.05) is 32.5 Å². The van der Waals surface area contributed by atoms with Gasteiger partial charge in [-0.3, -0.25) is 9.78 Å². The summed E-state index contributed by atoms with van der Waals surface area (Å²) in [5, 5.41) is 11.6. The number of piperidine rings is 1. The number of aryl methyl sites for hydroxylation is 1. The zero-order valence-corrected chi connectivity index (χ0v) is 22.8. The lowest BCUT2D eigenvalue weighted by Crippen LogP contribution is -2.42. The molecule has 36 heavy (non-hydrogen) atoms. The molecule has 0 radical (unpaired) electrons. The number of carboxylic acids is 1. The van der Waals surface area contributed by atoms with E-state index in [0.29, 0.717) is 12.3 Å². The summed E-state index contributed by atoms with van der Waals surface area (Å²) in [4.78, 5) is 18.7. The number of likely N-dealkylation sites (tertiary alicyclic amines) is 1. The van der Waals surface area contributed by atoms with E-state index >= 15 is 0 Å². The smallest absolute Gasteiger partial charge is 0.303 e. The second kappa shape index (κ2) is 14.2. The highest BCUT2D eigenvalue weighted by molar-refractivity contribution is 7.99. The first-order chi connectivity index (χ1) is 17.6. The van der Waals surface area contributed by atoms with Crippen LogP contribution in [0.2, 0.25) is 0 Å². The highest BCUT2D eigenvalue weighted by atomic mass is 32.2. The number of fused-ring (bicyclic) bond motifs is 1. The Morgan fingerprint density at radius 1 is 1.11 bits per heavy atom. The number of hydrogen-bond donors (Lipinski definition) is 1. The van der Waals surface area contributed by atoms with Gasteiger partial charge < -0.3 is 14.7 Å². The number of pyridine rings is 1. The van der Waals surface area contributed by atoms with E-state index in [1.165, 1.54) is 56.3 Å². The molecule has 0 unspecified atom stereocenters. The van der Waals surface area contributed by atoms with Crippen LogP contribution in [0.5, 0.6) is 5.75 Å². The SMILES string of the molecule is COc1ccc2nccc(CCC[C@@H]3CCN(CCCSC4CCCCCC4)C[C@@H]3CC(=O)O)c2c1. The van der Waals surface area contributed by atoms with Gasteiger partial charge in [-0.15, -0.1) is 0 Å². The largest absolute Gasteiger partial charge is 0.497 e. The zero-order valence-electron chi connectivity index (χ0n) is 22.0. The molecular formula is C30H44N2O3S. The Balaban J connectivity index is 1.24. The summed E-state index contributed by atoms with van der Waals surface area (Å²) in [6.07, 6.45) is 16.2. The number of aromatic nitrogens is 1. The maximum Gasteiger partial charge on any atom is 0.303 e. The monoisotopic (exact) mass is 512 g/mol. The van der Waals surface area contributed by atoms with Crippen molar-refractivity contribution in [1.29, 1.82) is 0 Å². The van der Waals surface area contributed by atoms with E-state index in [9.17, 15) is 9.90 Å². The minimum atomic E-state index is -0.650. The van der Waals surface area contributed by atoms with Crippen molar-refractivity contribution in [2.24, 2.45) is 11.8 Å². The van der Waals surface area contributed by atoms with Crippen molar-refractivity contribution >= 4 is 28.6 Å². The average molecular weight is 513 g/mol. The molecule has 1 aromatic heterocycles. The highest BCUT2D eigenvalue weighted by Crippen LogP contribution is 2.32. The molecule has 0 amide bonds. The number of carboxylic acid groups (broad SMARTS) is 1. The molecule has 2 atom stereocenters. The van der Waals surface area contributed by atoms with Gasteiger partial charge in [0.1, 0.15) is 5.75 Å². The number of thioether (sulfide) groups is 1. The lowest BCUT2D eigenvalue weighted by atomic mass is 9.80. The predicted octanol–water partition coefficient (Wildman–Crippen LogP) is 6.83. The van der Waals surface area contributed by atoms with E-state index < -0.39 is 5.97 Å². The maximum atomic E-state index is 11.6. The van der Waals surface area contributed by atoms with Gasteiger partial charge in [-0.25, -0.2) is 0 Å². The first-order valence-electron chi connectivity index (χ1n) is 14.1. The lowest BCUT2D eigenvalue weighted by molar-refractivity contribution is -0.139. The highest BCUT2D eigenvalue weighted by Gasteiger charge is 2.30. The van der Waals surface area contributed by atoms with Gasteiger partial charge >= 0.3 is 5.97 Å². The Kier molecular flexibility index (Phi) is 10.8. The molecule has 1 aliphatic heterocycles. The van der Waals surface area contributed by atoms with Gasteiger partial charge in [0, 0.05) is 29.8 Å². The topological polar surface area (TPSA) is 62.7 Å². The summed E-state index contributed by atoms with van der Waals surface area (Å²) in [7, 11) is 1.70. The number of nitrogens with zero attached hydrogens (tertiary/aromatic N) is 2. The molecule has 0 spiro atoms. The van der Waals surface area contributed by atoms with Gasteiger partial charge in [0.25, 0.3) is 0 Å². The van der Waals surface area contributed by atoms with Crippen LogP contribution in [0.1, 0.15) is 76.2 Å². The standard InChI is InChI=1S/C30H44N2O3S/c1-35-26-12-13-29-28(21-26)24(14-16-31-29)9-6-8-23-15-18-32(22-25(23)20-30(33)34)17-7-19-36-27-10-4-2-3-5-11-27/h12-14,16,21,23,25,27H,2-11,15,17-20,22H2,1H3,(H,33,34)/t23-,25+/m1/s1. The average Bonchev–Trinajstić information content (AvgIpc) is 3.16. The third-order valence-corrected chi connectivity index (χ3v) is 9.71. The van der Waals surface area contributed by atoms with Crippen LogP contribution in [0.4, 0.5) is 0 Å². The van der Waals surface area contributed by atoms with Gasteiger partial charge in [-0.1, -0.05) is 25.7 Å². The van der Waals surface area contributed by atoms with Crippen molar-refractivity contribution in [3.8, 4) is 5.75 Å². The van der Waals surface area contributed by atoms with E-state index in [2.05, 4.69) is 33.8 Å². The van der Waals surface area contributed by atoms with Gasteiger partial charge in [-0.05, 0) is 105 Å². The van der Waals surface area contributed by atoms with Crippen molar-refractivity contribution in [1.82, 2.24) is 9.88 Å². The summed E-state index contributed by atoms with van der Waals surface area (Å²) in [6.45, 7) is 3.18. The van der Waals surface area contributed by atoms with Crippen LogP contribution in [0, 0.1) is 11.8 Å². The predicted molar refractivity (Wildman–Crippen MR) is 150 cm³/mol. The minimum Gasteiger partial charge on any atom is -0.497 e. The molecule has 6 heteroatoms. The van der Waals surface area contributed by atoms with Crippen LogP contribution >= 0.6 is 11.8 Å². The summed E-state index contributed by atoms with van der Waals surface area (Å²) in [5.41, 5.74) is 2.31. The van der Waals surface area contributed by atoms with Crippen LogP contribution in [-0.4, -0.2) is 58.7 Å². The van der Waals surface area contributed by atoms with Crippen molar-refractivity contribution < 1.29 is 14.6 Å².